The van der Waals surface area contributed by atoms with Gasteiger partial charge in [0.15, 0.2) is 0 Å². The fraction of sp³-hybridized carbons (Fsp3) is 0.571. The zero-order valence-corrected chi connectivity index (χ0v) is 5.72. The molecular weight excluding hydrogens is 126 g/mol. The Kier molecular flexibility index (Phi) is 1.32. The lowest BCUT2D eigenvalue weighted by molar-refractivity contribution is 0.587. The molecule has 3 nitrogen and oxygen atoms in total. The Bertz CT molecular complexity index is 185. The SMILES string of the molecule is N=C1C=CC2NCNC2C1. The highest BCUT2D eigenvalue weighted by atomic mass is 15.2. The Balaban J connectivity index is 2.16. The van der Waals surface area contributed by atoms with Crippen molar-refractivity contribution in [3.05, 3.63) is 12.2 Å². The van der Waals surface area contributed by atoms with Gasteiger partial charge in [-0.25, -0.2) is 0 Å². The van der Waals surface area contributed by atoms with Crippen molar-refractivity contribution in [3.8, 4) is 0 Å². The summed E-state index contributed by atoms with van der Waals surface area (Å²) < 4.78 is 0. The van der Waals surface area contributed by atoms with E-state index in [0.717, 1.165) is 18.8 Å². The molecule has 0 spiro atoms. The Hall–Kier alpha value is -0.670. The molecule has 2 aliphatic rings. The fourth-order valence-electron chi connectivity index (χ4n) is 1.50. The van der Waals surface area contributed by atoms with Crippen molar-refractivity contribution in [1.29, 1.82) is 5.41 Å². The van der Waals surface area contributed by atoms with Gasteiger partial charge in [0.05, 0.1) is 0 Å². The summed E-state index contributed by atoms with van der Waals surface area (Å²) in [5.74, 6) is 0. The highest BCUT2D eigenvalue weighted by Crippen LogP contribution is 2.11. The van der Waals surface area contributed by atoms with Gasteiger partial charge in [-0.2, -0.15) is 0 Å². The minimum absolute atomic E-state index is 0.467. The predicted octanol–water partition coefficient (Wildman–Crippen LogP) is -0.146. The lowest BCUT2D eigenvalue weighted by atomic mass is 9.97. The Morgan fingerprint density at radius 3 is 3.30 bits per heavy atom. The van der Waals surface area contributed by atoms with Gasteiger partial charge in [-0.05, 0) is 6.08 Å². The predicted molar refractivity (Wildman–Crippen MR) is 40.2 cm³/mol. The van der Waals surface area contributed by atoms with Crippen LogP contribution >= 0.6 is 0 Å². The molecule has 3 heteroatoms. The standard InChI is InChI=1S/C7H11N3/c8-5-1-2-6-7(3-5)10-4-9-6/h1-2,6-10H,3-4H2. The Morgan fingerprint density at radius 2 is 2.40 bits per heavy atom. The molecule has 2 atom stereocenters. The van der Waals surface area contributed by atoms with Crippen LogP contribution in [-0.2, 0) is 0 Å². The first-order valence-electron chi connectivity index (χ1n) is 3.58. The summed E-state index contributed by atoms with van der Waals surface area (Å²) in [5.41, 5.74) is 0.734. The van der Waals surface area contributed by atoms with E-state index in [1.807, 2.05) is 6.08 Å². The number of allylic oxidation sites excluding steroid dienone is 1. The molecule has 54 valence electrons. The molecule has 3 N–H and O–H groups in total. The lowest BCUT2D eigenvalue weighted by Gasteiger charge is -2.19. The maximum Gasteiger partial charge on any atom is 0.0462 e. The largest absolute Gasteiger partial charge is 0.305 e. The third-order valence-corrected chi connectivity index (χ3v) is 2.08. The van der Waals surface area contributed by atoms with E-state index in [4.69, 9.17) is 5.41 Å². The second-order valence-electron chi connectivity index (χ2n) is 2.81. The van der Waals surface area contributed by atoms with Gasteiger partial charge < -0.3 is 5.41 Å². The second-order valence-corrected chi connectivity index (χ2v) is 2.81. The van der Waals surface area contributed by atoms with Gasteiger partial charge in [-0.1, -0.05) is 6.08 Å². The topological polar surface area (TPSA) is 47.9 Å². The van der Waals surface area contributed by atoms with E-state index in [2.05, 4.69) is 16.7 Å². The first-order valence-corrected chi connectivity index (χ1v) is 3.58. The van der Waals surface area contributed by atoms with Crippen LogP contribution in [0.25, 0.3) is 0 Å². The summed E-state index contributed by atoms with van der Waals surface area (Å²) >= 11 is 0. The van der Waals surface area contributed by atoms with Crippen molar-refractivity contribution < 1.29 is 0 Å². The van der Waals surface area contributed by atoms with Gasteiger partial charge in [-0.3, -0.25) is 10.6 Å². The van der Waals surface area contributed by atoms with E-state index in [9.17, 15) is 0 Å². The zero-order chi connectivity index (χ0) is 6.97. The first-order chi connectivity index (χ1) is 4.86. The quantitative estimate of drug-likeness (QED) is 0.435. The van der Waals surface area contributed by atoms with E-state index in [0.29, 0.717) is 12.1 Å². The molecule has 1 aliphatic heterocycles. The summed E-state index contributed by atoms with van der Waals surface area (Å²) in [4.78, 5) is 0. The van der Waals surface area contributed by atoms with Gasteiger partial charge in [0.25, 0.3) is 0 Å². The molecule has 0 radical (unpaired) electrons. The lowest BCUT2D eigenvalue weighted by Crippen LogP contribution is -2.36. The average Bonchev–Trinajstić information content (AvgIpc) is 2.33. The monoisotopic (exact) mass is 137 g/mol. The number of rotatable bonds is 0. The van der Waals surface area contributed by atoms with Crippen LogP contribution in [-0.4, -0.2) is 24.5 Å². The van der Waals surface area contributed by atoms with Gasteiger partial charge in [-0.15, -0.1) is 0 Å². The second kappa shape index (κ2) is 2.18. The summed E-state index contributed by atoms with van der Waals surface area (Å²) in [6.45, 7) is 0.882. The average molecular weight is 137 g/mol. The van der Waals surface area contributed by atoms with E-state index in [-0.39, 0.29) is 0 Å². The molecule has 2 rings (SSSR count). The molecular formula is C7H11N3. The third-order valence-electron chi connectivity index (χ3n) is 2.08. The fourth-order valence-corrected chi connectivity index (χ4v) is 1.50. The minimum atomic E-state index is 0.467. The normalized spacial score (nSPS) is 38.2. The van der Waals surface area contributed by atoms with Gasteiger partial charge in [0.1, 0.15) is 0 Å². The van der Waals surface area contributed by atoms with E-state index in [1.165, 1.54) is 0 Å². The van der Waals surface area contributed by atoms with Gasteiger partial charge in [0, 0.05) is 30.9 Å². The van der Waals surface area contributed by atoms with Crippen LogP contribution in [0.3, 0.4) is 0 Å². The summed E-state index contributed by atoms with van der Waals surface area (Å²) in [6.07, 6.45) is 4.83. The molecule has 1 fully saturated rings. The van der Waals surface area contributed by atoms with Crippen LogP contribution in [0.1, 0.15) is 6.42 Å². The molecule has 0 saturated carbocycles. The maximum absolute atomic E-state index is 7.39. The van der Waals surface area contributed by atoms with E-state index in [1.54, 1.807) is 0 Å². The highest BCUT2D eigenvalue weighted by Gasteiger charge is 2.26. The summed E-state index contributed by atoms with van der Waals surface area (Å²) in [7, 11) is 0. The highest BCUT2D eigenvalue weighted by molar-refractivity contribution is 5.93. The van der Waals surface area contributed by atoms with Gasteiger partial charge >= 0.3 is 0 Å². The van der Waals surface area contributed by atoms with Crippen LogP contribution in [0.15, 0.2) is 12.2 Å². The van der Waals surface area contributed by atoms with Crippen molar-refractivity contribution in [3.63, 3.8) is 0 Å². The molecule has 0 aromatic carbocycles. The minimum Gasteiger partial charge on any atom is -0.305 e. The Labute approximate surface area is 60.0 Å². The van der Waals surface area contributed by atoms with Crippen LogP contribution in [0.4, 0.5) is 0 Å². The molecule has 0 amide bonds. The van der Waals surface area contributed by atoms with Crippen molar-refractivity contribution in [1.82, 2.24) is 10.6 Å². The van der Waals surface area contributed by atoms with Crippen LogP contribution in [0.5, 0.6) is 0 Å². The first kappa shape index (κ1) is 6.07. The van der Waals surface area contributed by atoms with Crippen LogP contribution < -0.4 is 10.6 Å². The summed E-state index contributed by atoms with van der Waals surface area (Å²) in [6, 6.07) is 0.937. The van der Waals surface area contributed by atoms with Crippen molar-refractivity contribution in [2.75, 3.05) is 6.67 Å². The van der Waals surface area contributed by atoms with Crippen molar-refractivity contribution >= 4 is 5.71 Å². The zero-order valence-electron chi connectivity index (χ0n) is 5.72. The number of nitrogens with one attached hydrogen (secondary N) is 3. The van der Waals surface area contributed by atoms with Crippen LogP contribution in [0.2, 0.25) is 0 Å². The molecule has 1 heterocycles. The molecule has 1 saturated heterocycles. The van der Waals surface area contributed by atoms with E-state index >= 15 is 0 Å². The number of hydrogen-bond acceptors (Lipinski definition) is 3. The smallest absolute Gasteiger partial charge is 0.0462 e. The number of fused-ring (bicyclic) bond motifs is 1. The molecule has 0 aromatic rings. The Morgan fingerprint density at radius 1 is 1.50 bits per heavy atom. The molecule has 0 bridgehead atoms. The van der Waals surface area contributed by atoms with Crippen molar-refractivity contribution in [2.24, 2.45) is 0 Å². The number of hydrogen-bond donors (Lipinski definition) is 3. The third kappa shape index (κ3) is 0.874. The van der Waals surface area contributed by atoms with Crippen LogP contribution in [0, 0.1) is 5.41 Å². The molecule has 1 aliphatic carbocycles. The molecule has 10 heavy (non-hydrogen) atoms. The molecule has 0 aromatic heterocycles. The molecule has 2 unspecified atom stereocenters. The van der Waals surface area contributed by atoms with Crippen molar-refractivity contribution in [2.45, 2.75) is 18.5 Å². The summed E-state index contributed by atoms with van der Waals surface area (Å²) in [5, 5.41) is 14.0. The maximum atomic E-state index is 7.39. The van der Waals surface area contributed by atoms with E-state index < -0.39 is 0 Å². The van der Waals surface area contributed by atoms with Gasteiger partial charge in [0.2, 0.25) is 0 Å².